The summed E-state index contributed by atoms with van der Waals surface area (Å²) in [4.78, 5) is 19.2. The van der Waals surface area contributed by atoms with E-state index >= 15 is 0 Å². The Hall–Kier alpha value is -0.726. The largest absolute Gasteiger partial charge is 0.672 e. The zero-order chi connectivity index (χ0) is 9.98. The van der Waals surface area contributed by atoms with E-state index in [2.05, 4.69) is 11.0 Å². The SMILES string of the molecule is [NH-]CC(=O)[N-]O.[NH-]CC(=O)[N-]O.[Ni]. The fraction of sp³-hybridized carbons (Fsp3) is 0.500. The number of hydrogen-bond acceptors (Lipinski definition) is 4. The molecule has 0 saturated carbocycles. The smallest absolute Gasteiger partial charge is 0.0500 e. The van der Waals surface area contributed by atoms with Gasteiger partial charge in [0.15, 0.2) is 0 Å². The minimum atomic E-state index is -0.810. The monoisotopic (exact) mass is 234 g/mol. The summed E-state index contributed by atoms with van der Waals surface area (Å²) in [5.74, 6) is -1.62. The maximum atomic E-state index is 9.58. The van der Waals surface area contributed by atoms with E-state index in [-0.39, 0.29) is 16.5 Å². The van der Waals surface area contributed by atoms with Gasteiger partial charge in [-0.25, -0.2) is 0 Å². The van der Waals surface area contributed by atoms with Gasteiger partial charge in [-0.15, -0.1) is 13.1 Å². The molecule has 0 radical (unpaired) electrons. The topological polar surface area (TPSA) is 150 Å². The molecule has 2 amide bonds. The first-order valence-electron chi connectivity index (χ1n) is 2.67. The van der Waals surface area contributed by atoms with Gasteiger partial charge in [0.2, 0.25) is 0 Å². The molecule has 0 aromatic rings. The van der Waals surface area contributed by atoms with Gasteiger partial charge in [-0.2, -0.15) is 0 Å². The molecule has 4 N–H and O–H groups in total. The molecule has 0 aromatic heterocycles. The van der Waals surface area contributed by atoms with E-state index in [1.807, 2.05) is 0 Å². The number of hydrogen-bond donors (Lipinski definition) is 2. The summed E-state index contributed by atoms with van der Waals surface area (Å²) in [6, 6.07) is 0. The van der Waals surface area contributed by atoms with Crippen LogP contribution >= 0.6 is 0 Å². The quantitative estimate of drug-likeness (QED) is 0.410. The van der Waals surface area contributed by atoms with Gasteiger partial charge in [0.1, 0.15) is 0 Å². The molecule has 13 heavy (non-hydrogen) atoms. The number of nitrogens with zero attached hydrogens (tertiary/aromatic N) is 2. The molecule has 0 bridgehead atoms. The third-order valence-corrected chi connectivity index (χ3v) is 0.526. The molecule has 0 aliphatic heterocycles. The molecule has 0 saturated heterocycles. The molecule has 9 heteroatoms. The van der Waals surface area contributed by atoms with E-state index < -0.39 is 24.9 Å². The van der Waals surface area contributed by atoms with E-state index in [1.54, 1.807) is 0 Å². The Labute approximate surface area is 84.5 Å². The second kappa shape index (κ2) is 13.8. The van der Waals surface area contributed by atoms with Gasteiger partial charge in [0, 0.05) is 28.3 Å². The standard InChI is InChI=1S/2C2H5N2O2.Ni/c2*3-1-2(5)4-6;/h2*3H,1H2,(H2,4,5,6);/q2*-1;/p-2. The molecule has 82 valence electrons. The molecule has 0 fully saturated rings. The van der Waals surface area contributed by atoms with Crippen LogP contribution < -0.4 is 0 Å². The summed E-state index contributed by atoms with van der Waals surface area (Å²) in [7, 11) is 0. The molecule has 0 aromatic carbocycles. The molecule has 0 aliphatic rings. The molecule has 0 atom stereocenters. The fourth-order valence-electron chi connectivity index (χ4n) is 0.0707. The first kappa shape index (κ1) is 18.1. The van der Waals surface area contributed by atoms with Crippen LogP contribution in [-0.2, 0) is 26.1 Å². The van der Waals surface area contributed by atoms with Crippen molar-refractivity contribution in [3.05, 3.63) is 22.4 Å². The van der Waals surface area contributed by atoms with Crippen molar-refractivity contribution in [1.82, 2.24) is 0 Å². The van der Waals surface area contributed by atoms with Crippen LogP contribution in [0, 0.1) is 0 Å². The molecule has 0 spiro atoms. The third-order valence-electron chi connectivity index (χ3n) is 0.526. The van der Waals surface area contributed by atoms with Crippen LogP contribution in [0.15, 0.2) is 0 Å². The Balaban J connectivity index is -0.000000143. The molecule has 8 nitrogen and oxygen atoms in total. The van der Waals surface area contributed by atoms with Gasteiger partial charge < -0.3 is 42.4 Å². The first-order chi connectivity index (χ1) is 5.62. The van der Waals surface area contributed by atoms with E-state index in [0.717, 1.165) is 0 Å². The van der Waals surface area contributed by atoms with Crippen LogP contribution in [0.2, 0.25) is 0 Å². The van der Waals surface area contributed by atoms with Gasteiger partial charge in [-0.05, 0) is 0 Å². The van der Waals surface area contributed by atoms with Crippen molar-refractivity contribution in [2.75, 3.05) is 13.1 Å². The average molecular weight is 235 g/mol. The van der Waals surface area contributed by atoms with Gasteiger partial charge >= 0.3 is 0 Å². The Kier molecular flexibility index (Phi) is 19.3. The minimum Gasteiger partial charge on any atom is -0.672 e. The molecule has 0 rings (SSSR count). The number of carbonyl (C=O) groups excluding carboxylic acids is 2. The number of nitrogens with one attached hydrogen (secondary N) is 2. The average Bonchev–Trinajstić information content (AvgIpc) is 2.16. The van der Waals surface area contributed by atoms with Gasteiger partial charge in [0.05, 0.1) is 0 Å². The van der Waals surface area contributed by atoms with Crippen LogP contribution in [0.25, 0.3) is 22.4 Å². The summed E-state index contributed by atoms with van der Waals surface area (Å²) in [6.07, 6.45) is 0. The fourth-order valence-corrected chi connectivity index (χ4v) is 0.0707. The molecular weight excluding hydrogens is 227 g/mol. The van der Waals surface area contributed by atoms with Crippen molar-refractivity contribution >= 4 is 11.8 Å². The van der Waals surface area contributed by atoms with Crippen molar-refractivity contribution in [3.8, 4) is 0 Å². The van der Waals surface area contributed by atoms with E-state index in [0.29, 0.717) is 0 Å². The third kappa shape index (κ3) is 18.3. The Morgan fingerprint density at radius 2 is 1.23 bits per heavy atom. The van der Waals surface area contributed by atoms with Crippen LogP contribution in [0.4, 0.5) is 0 Å². The Morgan fingerprint density at radius 3 is 1.23 bits per heavy atom. The Bertz CT molecular complexity index is 116. The normalized spacial score (nSPS) is 7.08. The van der Waals surface area contributed by atoms with Crippen molar-refractivity contribution in [1.29, 1.82) is 0 Å². The maximum absolute atomic E-state index is 9.58. The van der Waals surface area contributed by atoms with Crippen molar-refractivity contribution in [3.63, 3.8) is 0 Å². The summed E-state index contributed by atoms with van der Waals surface area (Å²) in [6.45, 7) is -0.951. The van der Waals surface area contributed by atoms with E-state index in [9.17, 15) is 9.59 Å². The molecular formula is C4H8N4NiO4-4. The van der Waals surface area contributed by atoms with Crippen molar-refractivity contribution < 1.29 is 36.5 Å². The van der Waals surface area contributed by atoms with Crippen LogP contribution in [-0.4, -0.2) is 35.3 Å². The second-order valence-corrected chi connectivity index (χ2v) is 1.34. The zero-order valence-corrected chi connectivity index (χ0v) is 7.32. The summed E-state index contributed by atoms with van der Waals surface area (Å²) in [5, 5.41) is 15.0. The number of hydroxylamine groups is 2. The van der Waals surface area contributed by atoms with Crippen molar-refractivity contribution in [2.45, 2.75) is 0 Å². The number of amides is 2. The van der Waals surface area contributed by atoms with Crippen LogP contribution in [0.1, 0.15) is 0 Å². The van der Waals surface area contributed by atoms with E-state index in [4.69, 9.17) is 21.9 Å². The molecule has 0 unspecified atom stereocenters. The molecule has 0 aliphatic carbocycles. The van der Waals surface area contributed by atoms with Gasteiger partial charge in [-0.3, -0.25) is 0 Å². The summed E-state index contributed by atoms with van der Waals surface area (Å²) >= 11 is 0. The molecule has 0 heterocycles. The van der Waals surface area contributed by atoms with Crippen LogP contribution in [0.5, 0.6) is 0 Å². The van der Waals surface area contributed by atoms with E-state index in [1.165, 1.54) is 0 Å². The number of carbonyl (C=O) groups is 2. The Morgan fingerprint density at radius 1 is 1.00 bits per heavy atom. The van der Waals surface area contributed by atoms with Gasteiger partial charge in [-0.1, -0.05) is 0 Å². The predicted octanol–water partition coefficient (Wildman–Crippen LogP) is 0.654. The van der Waals surface area contributed by atoms with Crippen molar-refractivity contribution in [2.24, 2.45) is 0 Å². The van der Waals surface area contributed by atoms with Crippen LogP contribution in [0.3, 0.4) is 0 Å². The number of rotatable bonds is 2. The van der Waals surface area contributed by atoms with Gasteiger partial charge in [0.25, 0.3) is 0 Å². The maximum Gasteiger partial charge on any atom is 0.0500 e. The second-order valence-electron chi connectivity index (χ2n) is 1.34. The summed E-state index contributed by atoms with van der Waals surface area (Å²) < 4.78 is 0. The minimum absolute atomic E-state index is 0. The summed E-state index contributed by atoms with van der Waals surface area (Å²) in [5.41, 5.74) is 16.8. The predicted molar refractivity (Wildman–Crippen MR) is 38.7 cm³/mol. The first-order valence-corrected chi connectivity index (χ1v) is 2.67. The zero-order valence-electron chi connectivity index (χ0n) is 6.34.